The van der Waals surface area contributed by atoms with Crippen LogP contribution in [-0.2, 0) is 9.53 Å². The molecule has 1 atom stereocenters. The van der Waals surface area contributed by atoms with E-state index in [0.717, 1.165) is 18.2 Å². The Bertz CT molecular complexity index is 211. The second-order valence-corrected chi connectivity index (χ2v) is 5.14. The van der Waals surface area contributed by atoms with Gasteiger partial charge < -0.3 is 4.74 Å². The zero-order valence-corrected chi connectivity index (χ0v) is 11.2. The summed E-state index contributed by atoms with van der Waals surface area (Å²) in [5.74, 6) is 1.84. The van der Waals surface area contributed by atoms with Crippen molar-refractivity contribution in [1.82, 2.24) is 4.90 Å². The van der Waals surface area contributed by atoms with Gasteiger partial charge in [-0.3, -0.25) is 9.69 Å². The highest BCUT2D eigenvalue weighted by atomic mass is 32.2. The van der Waals surface area contributed by atoms with Gasteiger partial charge in [-0.1, -0.05) is 26.2 Å². The van der Waals surface area contributed by atoms with Gasteiger partial charge in [0.15, 0.2) is 0 Å². The van der Waals surface area contributed by atoms with Gasteiger partial charge in [0.25, 0.3) is 0 Å². The van der Waals surface area contributed by atoms with Crippen molar-refractivity contribution in [3.63, 3.8) is 0 Å². The summed E-state index contributed by atoms with van der Waals surface area (Å²) >= 11 is 1.83. The summed E-state index contributed by atoms with van der Waals surface area (Å²) in [6.07, 6.45) is 5.03. The molecule has 0 N–H and O–H groups in total. The minimum atomic E-state index is -0.0389. The Balaban J connectivity index is 2.26. The molecule has 0 spiro atoms. The average molecular weight is 245 g/mol. The largest absolute Gasteiger partial charge is 0.465 e. The fourth-order valence-corrected chi connectivity index (χ4v) is 3.11. The van der Waals surface area contributed by atoms with E-state index in [4.69, 9.17) is 4.74 Å². The summed E-state index contributed by atoms with van der Waals surface area (Å²) in [6.45, 7) is 5.61. The molecule has 1 saturated heterocycles. The number of unbranched alkanes of at least 4 members (excludes halogenated alkanes) is 3. The normalized spacial score (nSPS) is 21.2. The van der Waals surface area contributed by atoms with Crippen LogP contribution in [0.3, 0.4) is 0 Å². The number of esters is 1. The summed E-state index contributed by atoms with van der Waals surface area (Å²) in [4.78, 5) is 13.9. The van der Waals surface area contributed by atoms with Gasteiger partial charge in [0.1, 0.15) is 6.04 Å². The Hall–Kier alpha value is -0.220. The maximum atomic E-state index is 11.7. The predicted molar refractivity (Wildman–Crippen MR) is 68.6 cm³/mol. The van der Waals surface area contributed by atoms with Crippen LogP contribution in [0.25, 0.3) is 0 Å². The highest BCUT2D eigenvalue weighted by Gasteiger charge is 2.31. The number of rotatable bonds is 7. The predicted octanol–water partition coefficient (Wildman–Crippen LogP) is 2.50. The molecule has 0 amide bonds. The molecule has 0 aromatic rings. The molecule has 16 heavy (non-hydrogen) atoms. The summed E-state index contributed by atoms with van der Waals surface area (Å²) < 4.78 is 5.09. The highest BCUT2D eigenvalue weighted by Crippen LogP contribution is 2.22. The van der Waals surface area contributed by atoms with Crippen molar-refractivity contribution in [3.8, 4) is 0 Å². The molecule has 0 bridgehead atoms. The first kappa shape index (κ1) is 13.8. The minimum Gasteiger partial charge on any atom is -0.465 e. The molecule has 1 fully saturated rings. The maximum absolute atomic E-state index is 11.7. The van der Waals surface area contributed by atoms with Gasteiger partial charge in [0.2, 0.25) is 0 Å². The number of carbonyl (C=O) groups excluding carboxylic acids is 1. The molecule has 94 valence electrons. The van der Waals surface area contributed by atoms with Crippen molar-refractivity contribution in [3.05, 3.63) is 0 Å². The fraction of sp³-hybridized carbons (Fsp3) is 0.917. The van der Waals surface area contributed by atoms with E-state index in [2.05, 4.69) is 11.8 Å². The molecule has 0 aliphatic carbocycles. The molecule has 1 aliphatic heterocycles. The molecule has 0 aromatic carbocycles. The Morgan fingerprint density at radius 2 is 2.19 bits per heavy atom. The topological polar surface area (TPSA) is 29.5 Å². The van der Waals surface area contributed by atoms with Crippen LogP contribution in [0.1, 0.15) is 39.5 Å². The highest BCUT2D eigenvalue weighted by molar-refractivity contribution is 7.99. The molecule has 0 radical (unpaired) electrons. The third-order valence-electron chi connectivity index (χ3n) is 2.83. The van der Waals surface area contributed by atoms with Gasteiger partial charge in [-0.05, 0) is 19.9 Å². The summed E-state index contributed by atoms with van der Waals surface area (Å²) in [7, 11) is 0. The van der Waals surface area contributed by atoms with Crippen LogP contribution in [0, 0.1) is 0 Å². The van der Waals surface area contributed by atoms with E-state index in [-0.39, 0.29) is 12.0 Å². The SMILES string of the molecule is CCCCCCN1CSC[C@H]1C(=O)OCC. The van der Waals surface area contributed by atoms with Gasteiger partial charge in [-0.2, -0.15) is 0 Å². The van der Waals surface area contributed by atoms with Crippen LogP contribution < -0.4 is 0 Å². The maximum Gasteiger partial charge on any atom is 0.324 e. The lowest BCUT2D eigenvalue weighted by atomic mass is 10.2. The summed E-state index contributed by atoms with van der Waals surface area (Å²) in [6, 6.07) is 0.00609. The standard InChI is InChI=1S/C12H23NO2S/c1-3-5-6-7-8-13-10-16-9-11(13)12(14)15-4-2/h11H,3-10H2,1-2H3/t11-/m0/s1. The molecule has 0 aromatic heterocycles. The van der Waals surface area contributed by atoms with Gasteiger partial charge in [0, 0.05) is 11.6 Å². The smallest absolute Gasteiger partial charge is 0.324 e. The van der Waals surface area contributed by atoms with Crippen LogP contribution >= 0.6 is 11.8 Å². The van der Waals surface area contributed by atoms with Crippen molar-refractivity contribution in [1.29, 1.82) is 0 Å². The average Bonchev–Trinajstić information content (AvgIpc) is 2.73. The summed E-state index contributed by atoms with van der Waals surface area (Å²) in [5, 5.41) is 0. The first-order valence-corrected chi connectivity index (χ1v) is 7.43. The van der Waals surface area contributed by atoms with Crippen LogP contribution in [0.4, 0.5) is 0 Å². The third kappa shape index (κ3) is 4.34. The van der Waals surface area contributed by atoms with Crippen molar-refractivity contribution >= 4 is 17.7 Å². The number of hydrogen-bond acceptors (Lipinski definition) is 4. The number of thioether (sulfide) groups is 1. The van der Waals surface area contributed by atoms with E-state index in [9.17, 15) is 4.79 Å². The molecular formula is C12H23NO2S. The van der Waals surface area contributed by atoms with E-state index in [0.29, 0.717) is 6.61 Å². The second kappa shape index (κ2) is 7.96. The van der Waals surface area contributed by atoms with Gasteiger partial charge >= 0.3 is 5.97 Å². The lowest BCUT2D eigenvalue weighted by molar-refractivity contribution is -0.147. The van der Waals surface area contributed by atoms with Crippen LogP contribution in [0.2, 0.25) is 0 Å². The quantitative estimate of drug-likeness (QED) is 0.509. The van der Waals surface area contributed by atoms with Crippen LogP contribution in [0.5, 0.6) is 0 Å². The molecule has 1 aliphatic rings. The van der Waals surface area contributed by atoms with Crippen LogP contribution in [-0.4, -0.2) is 41.7 Å². The Morgan fingerprint density at radius 1 is 1.38 bits per heavy atom. The van der Waals surface area contributed by atoms with Crippen molar-refractivity contribution in [2.45, 2.75) is 45.6 Å². The van der Waals surface area contributed by atoms with Crippen molar-refractivity contribution in [2.75, 3.05) is 24.8 Å². The first-order valence-electron chi connectivity index (χ1n) is 6.28. The molecule has 0 unspecified atom stereocenters. The lowest BCUT2D eigenvalue weighted by Gasteiger charge is -2.21. The number of ether oxygens (including phenoxy) is 1. The number of nitrogens with zero attached hydrogens (tertiary/aromatic N) is 1. The van der Waals surface area contributed by atoms with Gasteiger partial charge in [-0.15, -0.1) is 11.8 Å². The first-order chi connectivity index (χ1) is 7.79. The summed E-state index contributed by atoms with van der Waals surface area (Å²) in [5.41, 5.74) is 0. The monoisotopic (exact) mass is 245 g/mol. The third-order valence-corrected chi connectivity index (χ3v) is 3.90. The van der Waals surface area contributed by atoms with E-state index in [1.54, 1.807) is 0 Å². The Kier molecular flexibility index (Phi) is 6.88. The lowest BCUT2D eigenvalue weighted by Crippen LogP contribution is -2.39. The van der Waals surface area contributed by atoms with E-state index in [1.165, 1.54) is 25.7 Å². The van der Waals surface area contributed by atoms with Crippen molar-refractivity contribution < 1.29 is 9.53 Å². The zero-order chi connectivity index (χ0) is 11.8. The molecule has 3 nitrogen and oxygen atoms in total. The van der Waals surface area contributed by atoms with E-state index in [1.807, 2.05) is 18.7 Å². The molecule has 4 heteroatoms. The minimum absolute atomic E-state index is 0.00609. The van der Waals surface area contributed by atoms with E-state index >= 15 is 0 Å². The molecule has 1 rings (SSSR count). The Morgan fingerprint density at radius 3 is 2.88 bits per heavy atom. The van der Waals surface area contributed by atoms with Gasteiger partial charge in [-0.25, -0.2) is 0 Å². The number of hydrogen-bond donors (Lipinski definition) is 0. The molecular weight excluding hydrogens is 222 g/mol. The van der Waals surface area contributed by atoms with Crippen LogP contribution in [0.15, 0.2) is 0 Å². The number of carbonyl (C=O) groups is 1. The van der Waals surface area contributed by atoms with Gasteiger partial charge in [0.05, 0.1) is 6.61 Å². The van der Waals surface area contributed by atoms with E-state index < -0.39 is 0 Å². The molecule has 1 heterocycles. The zero-order valence-electron chi connectivity index (χ0n) is 10.4. The molecule has 0 saturated carbocycles. The van der Waals surface area contributed by atoms with Crippen molar-refractivity contribution in [2.24, 2.45) is 0 Å². The second-order valence-electron chi connectivity index (χ2n) is 4.14. The Labute approximate surface area is 103 Å². The fourth-order valence-electron chi connectivity index (χ4n) is 1.89.